The van der Waals surface area contributed by atoms with Crippen LogP contribution < -0.4 is 20.7 Å². The zero-order chi connectivity index (χ0) is 22.4. The zero-order valence-corrected chi connectivity index (χ0v) is 18.3. The lowest BCUT2D eigenvalue weighted by molar-refractivity contribution is -0.116. The molecule has 0 aliphatic rings. The van der Waals surface area contributed by atoms with E-state index in [4.69, 9.17) is 5.73 Å². The quantitative estimate of drug-likeness (QED) is 0.479. The second kappa shape index (κ2) is 9.63. The standard InChI is InChI=1S/C21H22N4O4S2/c1-25(16-8-3-2-4-9-16)31(28,29)17-10-5-7-15(13-17)23-20(26)14-18(24-21(22)27)19-11-6-12-30-19/h2-13,18H,14H2,1H3,(H,23,26)(H3,22,24,27). The first kappa shape index (κ1) is 22.3. The van der Waals surface area contributed by atoms with Crippen molar-refractivity contribution in [3.05, 3.63) is 77.0 Å². The molecule has 0 aliphatic carbocycles. The van der Waals surface area contributed by atoms with E-state index in [2.05, 4.69) is 10.6 Å². The Kier molecular flexibility index (Phi) is 6.93. The molecule has 31 heavy (non-hydrogen) atoms. The van der Waals surface area contributed by atoms with Crippen LogP contribution in [0, 0.1) is 0 Å². The lowest BCUT2D eigenvalue weighted by atomic mass is 10.1. The molecule has 1 atom stereocenters. The van der Waals surface area contributed by atoms with E-state index in [0.29, 0.717) is 11.4 Å². The molecule has 0 saturated carbocycles. The Labute approximate surface area is 184 Å². The summed E-state index contributed by atoms with van der Waals surface area (Å²) >= 11 is 1.39. The van der Waals surface area contributed by atoms with Crippen LogP contribution in [0.1, 0.15) is 17.3 Å². The van der Waals surface area contributed by atoms with E-state index in [9.17, 15) is 18.0 Å². The summed E-state index contributed by atoms with van der Waals surface area (Å²) in [5.41, 5.74) is 6.07. The molecule has 1 heterocycles. The Morgan fingerprint density at radius 1 is 1.06 bits per heavy atom. The van der Waals surface area contributed by atoms with Gasteiger partial charge in [0.1, 0.15) is 0 Å². The minimum atomic E-state index is -3.81. The molecule has 1 unspecified atom stereocenters. The molecule has 1 aromatic heterocycles. The van der Waals surface area contributed by atoms with Crippen LogP contribution in [-0.4, -0.2) is 27.4 Å². The van der Waals surface area contributed by atoms with E-state index in [1.165, 1.54) is 34.8 Å². The Hall–Kier alpha value is -3.37. The van der Waals surface area contributed by atoms with Crippen LogP contribution >= 0.6 is 11.3 Å². The largest absolute Gasteiger partial charge is 0.352 e. The molecule has 3 rings (SSSR count). The van der Waals surface area contributed by atoms with E-state index in [-0.39, 0.29) is 11.3 Å². The number of benzene rings is 2. The molecule has 0 fully saturated rings. The Bertz CT molecular complexity index is 1150. The number of carbonyl (C=O) groups is 2. The average Bonchev–Trinajstić information content (AvgIpc) is 3.28. The molecule has 0 saturated heterocycles. The van der Waals surface area contributed by atoms with Gasteiger partial charge in [-0.3, -0.25) is 9.10 Å². The lowest BCUT2D eigenvalue weighted by Crippen LogP contribution is -2.34. The highest BCUT2D eigenvalue weighted by molar-refractivity contribution is 7.92. The number of thiophene rings is 1. The summed E-state index contributed by atoms with van der Waals surface area (Å²) in [4.78, 5) is 24.7. The van der Waals surface area contributed by atoms with Gasteiger partial charge in [0.05, 0.1) is 23.0 Å². The SMILES string of the molecule is CN(c1ccccc1)S(=O)(=O)c1cccc(NC(=O)CC(NC(N)=O)c2cccs2)c1. The van der Waals surface area contributed by atoms with Crippen LogP contribution in [0.15, 0.2) is 77.0 Å². The third-order valence-corrected chi connectivity index (χ3v) is 7.26. The number of amides is 3. The van der Waals surface area contributed by atoms with Gasteiger partial charge >= 0.3 is 6.03 Å². The van der Waals surface area contributed by atoms with Crippen molar-refractivity contribution < 1.29 is 18.0 Å². The highest BCUT2D eigenvalue weighted by atomic mass is 32.2. The fourth-order valence-electron chi connectivity index (χ4n) is 2.95. The number of anilines is 2. The van der Waals surface area contributed by atoms with Gasteiger partial charge in [-0.1, -0.05) is 30.3 Å². The second-order valence-electron chi connectivity index (χ2n) is 6.66. The number of rotatable bonds is 8. The third-order valence-electron chi connectivity index (χ3n) is 4.49. The predicted molar refractivity (Wildman–Crippen MR) is 121 cm³/mol. The molecule has 8 nitrogen and oxygen atoms in total. The summed E-state index contributed by atoms with van der Waals surface area (Å²) in [7, 11) is -2.35. The molecular formula is C21H22N4O4S2. The van der Waals surface area contributed by atoms with Crippen molar-refractivity contribution in [3.8, 4) is 0 Å². The van der Waals surface area contributed by atoms with Crippen molar-refractivity contribution in [1.29, 1.82) is 0 Å². The first-order valence-electron chi connectivity index (χ1n) is 9.30. The Balaban J connectivity index is 1.75. The maximum Gasteiger partial charge on any atom is 0.312 e. The van der Waals surface area contributed by atoms with Gasteiger partial charge in [-0.25, -0.2) is 13.2 Å². The molecular weight excluding hydrogens is 436 g/mol. The highest BCUT2D eigenvalue weighted by Crippen LogP contribution is 2.25. The number of sulfonamides is 1. The molecule has 2 aromatic carbocycles. The maximum absolute atomic E-state index is 13.0. The Morgan fingerprint density at radius 3 is 2.45 bits per heavy atom. The average molecular weight is 459 g/mol. The molecule has 0 aliphatic heterocycles. The number of hydrogen-bond donors (Lipinski definition) is 3. The number of urea groups is 1. The van der Waals surface area contributed by atoms with Crippen LogP contribution in [0.2, 0.25) is 0 Å². The molecule has 162 valence electrons. The fourth-order valence-corrected chi connectivity index (χ4v) is 4.97. The van der Waals surface area contributed by atoms with Crippen LogP contribution in [0.3, 0.4) is 0 Å². The molecule has 3 aromatic rings. The molecule has 4 N–H and O–H groups in total. The zero-order valence-electron chi connectivity index (χ0n) is 16.7. The first-order chi connectivity index (χ1) is 14.8. The van der Waals surface area contributed by atoms with Crippen LogP contribution in [0.4, 0.5) is 16.2 Å². The topological polar surface area (TPSA) is 122 Å². The maximum atomic E-state index is 13.0. The predicted octanol–water partition coefficient (Wildman–Crippen LogP) is 3.31. The summed E-state index contributed by atoms with van der Waals surface area (Å²) in [6.45, 7) is 0. The number of nitrogens with zero attached hydrogens (tertiary/aromatic N) is 1. The van der Waals surface area contributed by atoms with Crippen LogP contribution in [0.5, 0.6) is 0 Å². The number of carbonyl (C=O) groups excluding carboxylic acids is 2. The number of nitrogens with two attached hydrogens (primary N) is 1. The minimum absolute atomic E-state index is 0.0433. The van der Waals surface area contributed by atoms with Gasteiger partial charge in [0.2, 0.25) is 5.91 Å². The fraction of sp³-hybridized carbons (Fsp3) is 0.143. The van der Waals surface area contributed by atoms with Gasteiger partial charge in [-0.2, -0.15) is 0 Å². The summed E-state index contributed by atoms with van der Waals surface area (Å²) in [6.07, 6.45) is -0.0512. The second-order valence-corrected chi connectivity index (χ2v) is 9.61. The number of para-hydroxylation sites is 1. The number of nitrogens with one attached hydrogen (secondary N) is 2. The summed E-state index contributed by atoms with van der Waals surface area (Å²) in [5.74, 6) is -0.391. The normalized spacial score (nSPS) is 12.0. The van der Waals surface area contributed by atoms with Gasteiger partial charge in [0.25, 0.3) is 10.0 Å². The van der Waals surface area contributed by atoms with E-state index >= 15 is 0 Å². The molecule has 0 bridgehead atoms. The van der Waals surface area contributed by atoms with Crippen molar-refractivity contribution >= 4 is 44.7 Å². The summed E-state index contributed by atoms with van der Waals surface area (Å²) in [6, 6.07) is 17.0. The summed E-state index contributed by atoms with van der Waals surface area (Å²) < 4.78 is 27.1. The smallest absolute Gasteiger partial charge is 0.312 e. The van der Waals surface area contributed by atoms with E-state index in [0.717, 1.165) is 4.88 Å². The minimum Gasteiger partial charge on any atom is -0.352 e. The van der Waals surface area contributed by atoms with E-state index in [1.807, 2.05) is 11.4 Å². The summed E-state index contributed by atoms with van der Waals surface area (Å²) in [5, 5.41) is 7.08. The lowest BCUT2D eigenvalue weighted by Gasteiger charge is -2.20. The van der Waals surface area contributed by atoms with Crippen molar-refractivity contribution in [2.75, 3.05) is 16.7 Å². The van der Waals surface area contributed by atoms with E-state index < -0.39 is 28.0 Å². The van der Waals surface area contributed by atoms with Crippen molar-refractivity contribution in [1.82, 2.24) is 5.32 Å². The molecule has 0 spiro atoms. The van der Waals surface area contributed by atoms with Crippen molar-refractivity contribution in [2.24, 2.45) is 5.73 Å². The van der Waals surface area contributed by atoms with Crippen LogP contribution in [-0.2, 0) is 14.8 Å². The molecule has 10 heteroatoms. The number of hydrogen-bond acceptors (Lipinski definition) is 5. The van der Waals surface area contributed by atoms with Crippen molar-refractivity contribution in [3.63, 3.8) is 0 Å². The van der Waals surface area contributed by atoms with Crippen molar-refractivity contribution in [2.45, 2.75) is 17.4 Å². The van der Waals surface area contributed by atoms with Gasteiger partial charge < -0.3 is 16.4 Å². The Morgan fingerprint density at radius 2 is 1.81 bits per heavy atom. The highest BCUT2D eigenvalue weighted by Gasteiger charge is 2.22. The molecule has 3 amide bonds. The van der Waals surface area contributed by atoms with Gasteiger partial charge in [-0.05, 0) is 41.8 Å². The van der Waals surface area contributed by atoms with Gasteiger partial charge in [0, 0.05) is 17.6 Å². The monoisotopic (exact) mass is 458 g/mol. The third kappa shape index (κ3) is 5.62. The first-order valence-corrected chi connectivity index (χ1v) is 11.6. The molecule has 0 radical (unpaired) electrons. The number of primary amides is 1. The van der Waals surface area contributed by atoms with Gasteiger partial charge in [-0.15, -0.1) is 11.3 Å². The van der Waals surface area contributed by atoms with Gasteiger partial charge in [0.15, 0.2) is 0 Å². The van der Waals surface area contributed by atoms with E-state index in [1.54, 1.807) is 48.5 Å². The van der Waals surface area contributed by atoms with Crippen LogP contribution in [0.25, 0.3) is 0 Å².